The number of likely N-dealkylation sites (tertiary alicyclic amines) is 1. The van der Waals surface area contributed by atoms with Crippen LogP contribution in [0.3, 0.4) is 0 Å². The van der Waals surface area contributed by atoms with E-state index in [0.717, 1.165) is 106 Å². The molecule has 1 unspecified atom stereocenters. The molecule has 3 aliphatic heterocycles. The number of H-pyrrole nitrogens is 1. The third-order valence-electron chi connectivity index (χ3n) is 14.0. The lowest BCUT2D eigenvalue weighted by atomic mass is 9.97. The lowest BCUT2D eigenvalue weighted by molar-refractivity contribution is 0.0568. The van der Waals surface area contributed by atoms with Crippen molar-refractivity contribution in [2.75, 3.05) is 65.4 Å². The molecule has 0 spiro atoms. The van der Waals surface area contributed by atoms with Crippen molar-refractivity contribution in [2.45, 2.75) is 89.4 Å². The first-order valence-corrected chi connectivity index (χ1v) is 22.5. The van der Waals surface area contributed by atoms with Gasteiger partial charge in [-0.15, -0.1) is 0 Å². The van der Waals surface area contributed by atoms with Crippen LogP contribution in [-0.2, 0) is 13.1 Å². The predicted octanol–water partition coefficient (Wildman–Crippen LogP) is 8.12. The largest absolute Gasteiger partial charge is 0.361 e. The summed E-state index contributed by atoms with van der Waals surface area (Å²) >= 11 is 0. The number of hydrogen-bond acceptors (Lipinski definition) is 5. The monoisotopic (exact) mass is 782 g/mol. The van der Waals surface area contributed by atoms with Crippen LogP contribution in [0.15, 0.2) is 91.3 Å². The summed E-state index contributed by atoms with van der Waals surface area (Å²) in [6, 6.07) is 28.8. The summed E-state index contributed by atoms with van der Waals surface area (Å²) in [7, 11) is 0. The maximum absolute atomic E-state index is 13.3. The summed E-state index contributed by atoms with van der Waals surface area (Å²) in [5.74, 6) is 1.03. The zero-order valence-electron chi connectivity index (χ0n) is 34.4. The summed E-state index contributed by atoms with van der Waals surface area (Å²) in [6.45, 7) is 12.0. The van der Waals surface area contributed by atoms with E-state index in [1.165, 1.54) is 87.2 Å². The molecule has 2 saturated carbocycles. The molecule has 2 aromatic heterocycles. The van der Waals surface area contributed by atoms with E-state index in [1.54, 1.807) is 0 Å². The minimum Gasteiger partial charge on any atom is -0.361 e. The number of carbonyl (C=O) groups is 2. The predicted molar refractivity (Wildman–Crippen MR) is 234 cm³/mol. The van der Waals surface area contributed by atoms with Crippen LogP contribution < -0.4 is 0 Å². The normalized spacial score (nSPS) is 21.8. The van der Waals surface area contributed by atoms with Gasteiger partial charge in [-0.3, -0.25) is 24.3 Å². The molecule has 9 heteroatoms. The number of nitrogens with zero attached hydrogens (tertiary/aromatic N) is 6. The highest BCUT2D eigenvalue weighted by Crippen LogP contribution is 2.28. The van der Waals surface area contributed by atoms with Gasteiger partial charge in [-0.2, -0.15) is 0 Å². The van der Waals surface area contributed by atoms with Crippen LogP contribution >= 0.6 is 0 Å². The molecular weight excluding hydrogens is 719 g/mol. The molecule has 1 N–H and O–H groups in total. The van der Waals surface area contributed by atoms with E-state index < -0.39 is 0 Å². The smallest absolute Gasteiger partial charge is 0.253 e. The Morgan fingerprint density at radius 2 is 1.19 bits per heavy atom. The van der Waals surface area contributed by atoms with Gasteiger partial charge in [-0.1, -0.05) is 56.0 Å². The second-order valence-electron chi connectivity index (χ2n) is 17.8. The van der Waals surface area contributed by atoms with Gasteiger partial charge in [0.1, 0.15) is 0 Å². The summed E-state index contributed by atoms with van der Waals surface area (Å²) in [4.78, 5) is 41.0. The average Bonchev–Trinajstić information content (AvgIpc) is 4.13. The van der Waals surface area contributed by atoms with E-state index in [0.29, 0.717) is 5.92 Å². The first-order valence-electron chi connectivity index (χ1n) is 22.5. The van der Waals surface area contributed by atoms with Crippen LogP contribution in [0.2, 0.25) is 0 Å². The van der Waals surface area contributed by atoms with Crippen LogP contribution in [0.25, 0.3) is 21.8 Å². The molecule has 2 amide bonds. The maximum Gasteiger partial charge on any atom is 0.253 e. The Morgan fingerprint density at radius 3 is 1.83 bits per heavy atom. The van der Waals surface area contributed by atoms with Crippen molar-refractivity contribution in [3.8, 4) is 0 Å². The first kappa shape index (κ1) is 39.0. The molecule has 3 saturated heterocycles. The fraction of sp³-hybridized carbons (Fsp3) is 0.510. The maximum atomic E-state index is 13.3. The Morgan fingerprint density at radius 1 is 0.586 bits per heavy atom. The zero-order chi connectivity index (χ0) is 39.3. The molecule has 2 aliphatic carbocycles. The summed E-state index contributed by atoms with van der Waals surface area (Å²) in [5.41, 5.74) is 5.38. The van der Waals surface area contributed by atoms with E-state index in [1.807, 2.05) is 41.4 Å². The third kappa shape index (κ3) is 9.07. The number of rotatable bonds is 8. The second kappa shape index (κ2) is 18.2. The highest BCUT2D eigenvalue weighted by molar-refractivity contribution is 5.99. The van der Waals surface area contributed by atoms with E-state index >= 15 is 0 Å². The molecule has 0 bridgehead atoms. The molecule has 5 fully saturated rings. The number of aromatic amines is 1. The quantitative estimate of drug-likeness (QED) is 0.172. The van der Waals surface area contributed by atoms with E-state index in [2.05, 4.69) is 83.9 Å². The molecule has 5 aromatic rings. The minimum atomic E-state index is 0.175. The molecule has 3 aromatic carbocycles. The molecule has 1 atom stereocenters. The van der Waals surface area contributed by atoms with Gasteiger partial charge < -0.3 is 19.4 Å². The van der Waals surface area contributed by atoms with Gasteiger partial charge in [0, 0.05) is 129 Å². The van der Waals surface area contributed by atoms with Crippen LogP contribution in [0.4, 0.5) is 0 Å². The van der Waals surface area contributed by atoms with Crippen molar-refractivity contribution < 1.29 is 9.59 Å². The van der Waals surface area contributed by atoms with Gasteiger partial charge in [-0.05, 0) is 105 Å². The number of amides is 2. The summed E-state index contributed by atoms with van der Waals surface area (Å²) < 4.78 is 2.40. The number of aromatic nitrogens is 2. The Kier molecular flexibility index (Phi) is 12.3. The SMILES string of the molecule is O=C(c1ccc2[nH]ccc2c1)N1CCN(C2CCCC2)CC1.O=C(c1ccc2c(ccn2CC2CCCN(Cc3ccccc3)C2)c1)N1CCN(C2CCCC2)CC1. The number of carbonyl (C=O) groups excluding carboxylic acids is 2. The lowest BCUT2D eigenvalue weighted by Gasteiger charge is -2.38. The first-order chi connectivity index (χ1) is 28.5. The average molecular weight is 782 g/mol. The Bertz CT molecular complexity index is 2110. The van der Waals surface area contributed by atoms with Crippen molar-refractivity contribution in [3.05, 3.63) is 108 Å². The minimum absolute atomic E-state index is 0.175. The number of piperazine rings is 2. The molecular formula is C49H63N7O2. The number of hydrogen-bond donors (Lipinski definition) is 1. The number of piperidine rings is 1. The van der Waals surface area contributed by atoms with Gasteiger partial charge in [0.25, 0.3) is 11.8 Å². The Labute approximate surface area is 344 Å². The van der Waals surface area contributed by atoms with Gasteiger partial charge in [0.15, 0.2) is 0 Å². The molecule has 9 nitrogen and oxygen atoms in total. The summed E-state index contributed by atoms with van der Waals surface area (Å²) in [6.07, 6.45) is 17.6. The fourth-order valence-corrected chi connectivity index (χ4v) is 10.7. The van der Waals surface area contributed by atoms with Crippen LogP contribution in [0.1, 0.15) is 90.5 Å². The van der Waals surface area contributed by atoms with E-state index in [9.17, 15) is 9.59 Å². The fourth-order valence-electron chi connectivity index (χ4n) is 10.7. The van der Waals surface area contributed by atoms with Gasteiger partial charge >= 0.3 is 0 Å². The second-order valence-corrected chi connectivity index (χ2v) is 17.8. The molecule has 10 rings (SSSR count). The standard InChI is InChI=1S/C31H40N4O.C18H23N3O/c36-31(34-19-17-33(18-20-34)29-10-4-5-11-29)28-12-13-30-27(21-28)14-16-35(30)24-26-9-6-15-32(23-26)22-25-7-2-1-3-8-25;22-18(15-5-6-17-14(13-15)7-8-19-17)21-11-9-20(10-12-21)16-3-1-2-4-16/h1-3,7-8,12-14,16,21,26,29H,4-6,9-11,15,17-20,22-24H2;5-8,13,16,19H,1-4,9-12H2. The van der Waals surface area contributed by atoms with Crippen molar-refractivity contribution >= 4 is 33.6 Å². The highest BCUT2D eigenvalue weighted by atomic mass is 16.2. The summed E-state index contributed by atoms with van der Waals surface area (Å²) in [5, 5.41) is 2.29. The molecule has 5 heterocycles. The molecule has 58 heavy (non-hydrogen) atoms. The van der Waals surface area contributed by atoms with Crippen molar-refractivity contribution in [1.29, 1.82) is 0 Å². The lowest BCUT2D eigenvalue weighted by Crippen LogP contribution is -2.51. The molecule has 5 aliphatic rings. The van der Waals surface area contributed by atoms with Crippen molar-refractivity contribution in [1.82, 2.24) is 34.1 Å². The van der Waals surface area contributed by atoms with E-state index in [4.69, 9.17) is 0 Å². The van der Waals surface area contributed by atoms with Gasteiger partial charge in [0.05, 0.1) is 0 Å². The zero-order valence-corrected chi connectivity index (χ0v) is 34.4. The van der Waals surface area contributed by atoms with Crippen molar-refractivity contribution in [3.63, 3.8) is 0 Å². The molecule has 306 valence electrons. The van der Waals surface area contributed by atoms with Gasteiger partial charge in [0.2, 0.25) is 0 Å². The third-order valence-corrected chi connectivity index (χ3v) is 14.0. The molecule has 0 radical (unpaired) electrons. The number of fused-ring (bicyclic) bond motifs is 2. The number of benzene rings is 3. The van der Waals surface area contributed by atoms with Crippen LogP contribution in [-0.4, -0.2) is 123 Å². The van der Waals surface area contributed by atoms with Gasteiger partial charge in [-0.25, -0.2) is 0 Å². The topological polar surface area (TPSA) is 71.1 Å². The van der Waals surface area contributed by atoms with Crippen LogP contribution in [0, 0.1) is 5.92 Å². The number of nitrogens with one attached hydrogen (secondary N) is 1. The Hall–Kier alpha value is -4.44. The van der Waals surface area contributed by atoms with E-state index in [-0.39, 0.29) is 11.8 Å². The Balaban J connectivity index is 0.000000169. The van der Waals surface area contributed by atoms with Crippen LogP contribution in [0.5, 0.6) is 0 Å². The van der Waals surface area contributed by atoms with Crippen molar-refractivity contribution in [2.24, 2.45) is 5.92 Å². The highest BCUT2D eigenvalue weighted by Gasteiger charge is 2.30.